The van der Waals surface area contributed by atoms with Crippen LogP contribution < -0.4 is 0 Å². The predicted molar refractivity (Wildman–Crippen MR) is 143 cm³/mol. The van der Waals surface area contributed by atoms with E-state index in [-0.39, 0.29) is 104 Å². The van der Waals surface area contributed by atoms with Crippen molar-refractivity contribution in [2.75, 3.05) is 0 Å². The second-order valence-corrected chi connectivity index (χ2v) is 9.17. The Balaban J connectivity index is -0.000000154. The number of rotatable bonds is 24. The minimum Gasteiger partial charge on any atom is -0.481 e. The van der Waals surface area contributed by atoms with Gasteiger partial charge >= 0.3 is 35.8 Å². The van der Waals surface area contributed by atoms with Gasteiger partial charge in [-0.2, -0.15) is 0 Å². The Hall–Kier alpha value is -0.972. The van der Waals surface area contributed by atoms with Crippen LogP contribution in [0.5, 0.6) is 0 Å². The average Bonchev–Trinajstić information content (AvgIpc) is 2.82. The molecule has 0 aromatic rings. The number of aliphatic carboxylic acids is 6. The Morgan fingerprint density at radius 3 is 0.439 bits per heavy atom. The van der Waals surface area contributed by atoms with Gasteiger partial charge in [0.25, 0.3) is 0 Å². The number of carboxylic acids is 6. The smallest absolute Gasteiger partial charge is 0.303 e. The van der Waals surface area contributed by atoms with Gasteiger partial charge in [-0.3, -0.25) is 28.8 Å². The molecule has 6 N–H and O–H groups in total. The maximum atomic E-state index is 10.1. The maximum absolute atomic E-state index is 10.1. The zero-order valence-corrected chi connectivity index (χ0v) is 29.8. The van der Waals surface area contributed by atoms with Gasteiger partial charge in [-0.25, -0.2) is 0 Å². The molecule has 0 rings (SSSR count). The van der Waals surface area contributed by atoms with E-state index in [1.165, 1.54) is 0 Å². The van der Waals surface area contributed by atoms with Gasteiger partial charge in [0.05, 0.1) is 0 Å². The monoisotopic (exact) mass is 742 g/mol. The number of carboxylic acid groups (broad SMARTS) is 6. The Morgan fingerprint density at radius 2 is 0.341 bits per heavy atom. The molecule has 0 aliphatic carbocycles. The van der Waals surface area contributed by atoms with Crippen molar-refractivity contribution in [1.82, 2.24) is 0 Å². The zero-order chi connectivity index (χ0) is 30.3. The van der Waals surface area contributed by atoms with Crippen LogP contribution in [0.15, 0.2) is 0 Å². The molecule has 14 heteroatoms. The van der Waals surface area contributed by atoms with Crippen LogP contribution in [0.25, 0.3) is 0 Å². The van der Waals surface area contributed by atoms with Gasteiger partial charge in [-0.1, -0.05) is 57.8 Å². The van der Waals surface area contributed by atoms with E-state index in [2.05, 4.69) is 0 Å². The van der Waals surface area contributed by atoms with Crippen LogP contribution in [0.2, 0.25) is 0 Å². The quantitative estimate of drug-likeness (QED) is 0.0660. The summed E-state index contributed by atoms with van der Waals surface area (Å²) in [6, 6.07) is 0. The molecular weight excluding hydrogens is 694 g/mol. The van der Waals surface area contributed by atoms with Gasteiger partial charge in [0.2, 0.25) is 0 Å². The van der Waals surface area contributed by atoms with E-state index < -0.39 is 35.8 Å². The molecule has 234 valence electrons. The fourth-order valence-corrected chi connectivity index (χ4v) is 3.25. The van der Waals surface area contributed by atoms with Crippen LogP contribution in [-0.2, 0) is 94.2 Å². The summed E-state index contributed by atoms with van der Waals surface area (Å²) in [4.78, 5) is 60.6. The Morgan fingerprint density at radius 1 is 0.244 bits per heavy atom. The Kier molecular flexibility index (Phi) is 47.3. The van der Waals surface area contributed by atoms with E-state index in [0.29, 0.717) is 38.5 Å². The molecule has 12 nitrogen and oxygen atoms in total. The number of hydrogen-bond donors (Lipinski definition) is 6. The largest absolute Gasteiger partial charge is 0.481 e. The summed E-state index contributed by atoms with van der Waals surface area (Å²) < 4.78 is 0. The molecule has 0 aromatic carbocycles. The first kappa shape index (κ1) is 49.7. The summed E-state index contributed by atoms with van der Waals surface area (Å²) in [5, 5.41) is 49.9. The molecule has 0 fully saturated rings. The van der Waals surface area contributed by atoms with Crippen LogP contribution in [0.3, 0.4) is 0 Å². The Bertz CT molecular complexity index is 543. The first-order valence-corrected chi connectivity index (χ1v) is 13.7. The van der Waals surface area contributed by atoms with Crippen LogP contribution in [0.4, 0.5) is 0 Å². The van der Waals surface area contributed by atoms with Gasteiger partial charge in [0.15, 0.2) is 0 Å². The zero-order valence-electron chi connectivity index (χ0n) is 24.1. The fraction of sp³-hybridized carbons (Fsp3) is 0.778. The van der Waals surface area contributed by atoms with E-state index in [9.17, 15) is 28.8 Å². The second kappa shape index (κ2) is 39.0. The summed E-state index contributed by atoms with van der Waals surface area (Å²) in [6.45, 7) is 0. The van der Waals surface area contributed by atoms with Gasteiger partial charge in [-0.15, -0.1) is 0 Å². The average molecular weight is 742 g/mol. The molecule has 0 saturated heterocycles. The fourth-order valence-electron chi connectivity index (χ4n) is 3.25. The standard InChI is InChI=1S/3C9H16O4.2Y/c3*10-8(11)6-4-2-1-3-5-7-9(12)13;;/h3*1-7H2,(H,10,11)(H,12,13);;. The first-order valence-electron chi connectivity index (χ1n) is 13.7. The molecule has 41 heavy (non-hydrogen) atoms. The first-order chi connectivity index (χ1) is 18.4. The van der Waals surface area contributed by atoms with Crippen LogP contribution >= 0.6 is 0 Å². The van der Waals surface area contributed by atoms with Gasteiger partial charge < -0.3 is 30.6 Å². The van der Waals surface area contributed by atoms with Crippen LogP contribution in [-0.4, -0.2) is 66.5 Å². The van der Waals surface area contributed by atoms with Crippen molar-refractivity contribution >= 4 is 35.8 Å². The van der Waals surface area contributed by atoms with E-state index >= 15 is 0 Å². The molecule has 0 aromatic heterocycles. The molecule has 0 saturated carbocycles. The molecule has 0 heterocycles. The second-order valence-electron chi connectivity index (χ2n) is 9.17. The SMILES string of the molecule is O=C(O)CCCCCCCC(=O)O.O=C(O)CCCCCCCC(=O)O.O=C(O)CCCCCCCC(=O)O.[Y].[Y]. The van der Waals surface area contributed by atoms with Crippen molar-refractivity contribution in [2.45, 2.75) is 135 Å². The minimum absolute atomic E-state index is 0. The molecular formula is C27H48O12Y2. The van der Waals surface area contributed by atoms with Gasteiger partial charge in [0.1, 0.15) is 0 Å². The van der Waals surface area contributed by atoms with Crippen LogP contribution in [0, 0.1) is 0 Å². The summed E-state index contributed by atoms with van der Waals surface area (Å²) in [6.07, 6.45) is 13.6. The third-order valence-corrected chi connectivity index (χ3v) is 5.34. The summed E-state index contributed by atoms with van der Waals surface area (Å²) in [5.41, 5.74) is 0. The minimum atomic E-state index is -0.759. The van der Waals surface area contributed by atoms with Gasteiger partial charge in [-0.05, 0) is 38.5 Å². The normalized spacial score (nSPS) is 9.37. The maximum Gasteiger partial charge on any atom is 0.303 e. The molecule has 0 atom stereocenters. The molecule has 0 unspecified atom stereocenters. The van der Waals surface area contributed by atoms with Crippen molar-refractivity contribution in [2.24, 2.45) is 0 Å². The van der Waals surface area contributed by atoms with Crippen molar-refractivity contribution in [1.29, 1.82) is 0 Å². The van der Waals surface area contributed by atoms with E-state index in [4.69, 9.17) is 30.6 Å². The van der Waals surface area contributed by atoms with Gasteiger partial charge in [0, 0.05) is 104 Å². The molecule has 0 aliphatic rings. The van der Waals surface area contributed by atoms with Crippen LogP contribution in [0.1, 0.15) is 135 Å². The van der Waals surface area contributed by atoms with Crippen molar-refractivity contribution < 1.29 is 125 Å². The topological polar surface area (TPSA) is 224 Å². The predicted octanol–water partition coefficient (Wildman–Crippen LogP) is 5.65. The molecule has 0 bridgehead atoms. The van der Waals surface area contributed by atoms with E-state index in [1.54, 1.807) is 0 Å². The molecule has 0 aliphatic heterocycles. The summed E-state index contributed by atoms with van der Waals surface area (Å²) >= 11 is 0. The molecule has 0 amide bonds. The van der Waals surface area contributed by atoms with E-state index in [1.807, 2.05) is 0 Å². The Labute approximate surface area is 293 Å². The third-order valence-electron chi connectivity index (χ3n) is 5.34. The number of carbonyl (C=O) groups is 6. The summed E-state index contributed by atoms with van der Waals surface area (Å²) in [7, 11) is 0. The van der Waals surface area contributed by atoms with Crippen molar-refractivity contribution in [3.8, 4) is 0 Å². The number of unbranched alkanes of at least 4 members (excludes halogenated alkanes) is 12. The summed E-state index contributed by atoms with van der Waals surface area (Å²) in [5.74, 6) is -4.55. The third kappa shape index (κ3) is 63.5. The molecule has 0 spiro atoms. The van der Waals surface area contributed by atoms with Crippen molar-refractivity contribution in [3.63, 3.8) is 0 Å². The van der Waals surface area contributed by atoms with Crippen molar-refractivity contribution in [3.05, 3.63) is 0 Å². The molecule has 2 radical (unpaired) electrons. The van der Waals surface area contributed by atoms with E-state index in [0.717, 1.165) is 57.8 Å². The number of hydrogen-bond acceptors (Lipinski definition) is 6.